The van der Waals surface area contributed by atoms with E-state index in [1.807, 2.05) is 0 Å². The van der Waals surface area contributed by atoms with E-state index in [2.05, 4.69) is 10.3 Å². The minimum atomic E-state index is -0.490. The number of nitrogens with zero attached hydrogens (tertiary/aromatic N) is 2. The molecule has 0 spiro atoms. The molecule has 3 aromatic rings. The Bertz CT molecular complexity index is 1210. The van der Waals surface area contributed by atoms with Crippen molar-refractivity contribution < 1.29 is 23.9 Å². The molecule has 0 saturated carbocycles. The molecule has 2 heterocycles. The number of nitrogens with one attached hydrogen (secondary N) is 1. The molecule has 0 atom stereocenters. The standard InChI is InChI=1S/C23H18ClN3O5/c1-2-31-23(30)14-5-3-6-16(11-14)26-20(28)13-27-18-12-15(24)8-9-19(18)32-21-17(22(27)29)7-4-10-25-21/h3-12H,2,13H2,1H3,(H,26,28). The summed E-state index contributed by atoms with van der Waals surface area (Å²) in [4.78, 5) is 43.4. The van der Waals surface area contributed by atoms with E-state index in [9.17, 15) is 14.4 Å². The lowest BCUT2D eigenvalue weighted by molar-refractivity contribution is -0.114. The summed E-state index contributed by atoms with van der Waals surface area (Å²) in [5.41, 5.74) is 1.27. The third-order valence-corrected chi connectivity index (χ3v) is 4.86. The number of fused-ring (bicyclic) bond motifs is 2. The van der Waals surface area contributed by atoms with Crippen LogP contribution in [-0.4, -0.2) is 35.9 Å². The van der Waals surface area contributed by atoms with Crippen molar-refractivity contribution in [3.05, 3.63) is 76.9 Å². The molecule has 9 heteroatoms. The number of hydrogen-bond donors (Lipinski definition) is 1. The molecule has 0 aliphatic carbocycles. The van der Waals surface area contributed by atoms with E-state index in [-0.39, 0.29) is 24.6 Å². The normalized spacial score (nSPS) is 12.2. The highest BCUT2D eigenvalue weighted by molar-refractivity contribution is 6.31. The van der Waals surface area contributed by atoms with Gasteiger partial charge in [0.15, 0.2) is 5.75 Å². The zero-order valence-electron chi connectivity index (χ0n) is 17.0. The molecular weight excluding hydrogens is 434 g/mol. The topological polar surface area (TPSA) is 97.8 Å². The van der Waals surface area contributed by atoms with E-state index in [1.165, 1.54) is 17.2 Å². The smallest absolute Gasteiger partial charge is 0.338 e. The van der Waals surface area contributed by atoms with Gasteiger partial charge in [0, 0.05) is 16.9 Å². The highest BCUT2D eigenvalue weighted by Gasteiger charge is 2.30. The lowest BCUT2D eigenvalue weighted by atomic mass is 10.2. The molecular formula is C23H18ClN3O5. The van der Waals surface area contributed by atoms with Gasteiger partial charge in [-0.25, -0.2) is 9.78 Å². The van der Waals surface area contributed by atoms with Gasteiger partial charge in [-0.1, -0.05) is 17.7 Å². The molecule has 162 valence electrons. The quantitative estimate of drug-likeness (QED) is 0.581. The Morgan fingerprint density at radius 2 is 2.00 bits per heavy atom. The fraction of sp³-hybridized carbons (Fsp3) is 0.130. The van der Waals surface area contributed by atoms with Crippen molar-refractivity contribution in [1.82, 2.24) is 4.98 Å². The van der Waals surface area contributed by atoms with Gasteiger partial charge < -0.3 is 14.8 Å². The van der Waals surface area contributed by atoms with Crippen LogP contribution in [0.5, 0.6) is 11.6 Å². The second-order valence-electron chi connectivity index (χ2n) is 6.81. The van der Waals surface area contributed by atoms with E-state index in [1.54, 1.807) is 55.5 Å². The predicted molar refractivity (Wildman–Crippen MR) is 118 cm³/mol. The number of anilines is 2. The van der Waals surface area contributed by atoms with Crippen molar-refractivity contribution in [3.63, 3.8) is 0 Å². The van der Waals surface area contributed by atoms with Gasteiger partial charge in [0.1, 0.15) is 12.1 Å². The molecule has 1 N–H and O–H groups in total. The summed E-state index contributed by atoms with van der Waals surface area (Å²) >= 11 is 6.14. The second-order valence-corrected chi connectivity index (χ2v) is 7.25. The molecule has 1 aliphatic heterocycles. The van der Waals surface area contributed by atoms with E-state index in [0.29, 0.717) is 27.7 Å². The molecule has 2 aromatic carbocycles. The molecule has 32 heavy (non-hydrogen) atoms. The van der Waals surface area contributed by atoms with Crippen LogP contribution in [-0.2, 0) is 9.53 Å². The van der Waals surface area contributed by atoms with Gasteiger partial charge in [-0.05, 0) is 55.5 Å². The fourth-order valence-electron chi connectivity index (χ4n) is 3.22. The first-order valence-electron chi connectivity index (χ1n) is 9.77. The molecule has 1 aromatic heterocycles. The number of amides is 2. The van der Waals surface area contributed by atoms with Crippen LogP contribution in [0.25, 0.3) is 0 Å². The molecule has 0 unspecified atom stereocenters. The van der Waals surface area contributed by atoms with Crippen molar-refractivity contribution >= 4 is 40.8 Å². The summed E-state index contributed by atoms with van der Waals surface area (Å²) < 4.78 is 10.8. The summed E-state index contributed by atoms with van der Waals surface area (Å²) in [6.45, 7) is 1.64. The molecule has 2 amide bonds. The number of carbonyl (C=O) groups is 3. The van der Waals surface area contributed by atoms with Crippen molar-refractivity contribution in [3.8, 4) is 11.6 Å². The lowest BCUT2D eigenvalue weighted by Gasteiger charge is -2.21. The third-order valence-electron chi connectivity index (χ3n) is 4.62. The first kappa shape index (κ1) is 21.3. The summed E-state index contributed by atoms with van der Waals surface area (Å²) in [5, 5.41) is 3.09. The van der Waals surface area contributed by atoms with Crippen molar-refractivity contribution in [2.45, 2.75) is 6.92 Å². The monoisotopic (exact) mass is 451 g/mol. The Hall–Kier alpha value is -3.91. The van der Waals surface area contributed by atoms with Crippen LogP contribution in [0.2, 0.25) is 5.02 Å². The predicted octanol–water partition coefficient (Wildman–Crippen LogP) is 4.30. The number of aromatic nitrogens is 1. The zero-order chi connectivity index (χ0) is 22.7. The number of benzene rings is 2. The first-order chi connectivity index (χ1) is 15.5. The average molecular weight is 452 g/mol. The van der Waals surface area contributed by atoms with Gasteiger partial charge >= 0.3 is 5.97 Å². The van der Waals surface area contributed by atoms with Crippen LogP contribution in [0.4, 0.5) is 11.4 Å². The van der Waals surface area contributed by atoms with Gasteiger partial charge in [0.25, 0.3) is 5.91 Å². The van der Waals surface area contributed by atoms with Crippen molar-refractivity contribution in [2.24, 2.45) is 0 Å². The van der Waals surface area contributed by atoms with E-state index in [0.717, 1.165) is 0 Å². The highest BCUT2D eigenvalue weighted by atomic mass is 35.5. The number of carbonyl (C=O) groups excluding carboxylic acids is 3. The fourth-order valence-corrected chi connectivity index (χ4v) is 3.39. The van der Waals surface area contributed by atoms with Crippen molar-refractivity contribution in [2.75, 3.05) is 23.4 Å². The number of halogens is 1. The summed E-state index contributed by atoms with van der Waals surface area (Å²) in [7, 11) is 0. The number of ether oxygens (including phenoxy) is 2. The minimum absolute atomic E-state index is 0.145. The Labute approximate surface area is 188 Å². The number of esters is 1. The van der Waals surface area contributed by atoms with E-state index >= 15 is 0 Å². The summed E-state index contributed by atoms with van der Waals surface area (Å²) in [6.07, 6.45) is 1.51. The number of hydrogen-bond acceptors (Lipinski definition) is 6. The van der Waals surface area contributed by atoms with Gasteiger partial charge in [-0.3, -0.25) is 14.5 Å². The summed E-state index contributed by atoms with van der Waals surface area (Å²) in [6, 6.07) is 14.3. The average Bonchev–Trinajstić information content (AvgIpc) is 2.89. The highest BCUT2D eigenvalue weighted by Crippen LogP contribution is 2.39. The van der Waals surface area contributed by atoms with Crippen molar-refractivity contribution in [1.29, 1.82) is 0 Å². The number of pyridine rings is 1. The SMILES string of the molecule is CCOC(=O)c1cccc(NC(=O)CN2C(=O)c3cccnc3Oc3ccc(Cl)cc32)c1. The zero-order valence-corrected chi connectivity index (χ0v) is 17.8. The molecule has 8 nitrogen and oxygen atoms in total. The van der Waals surface area contributed by atoms with Gasteiger partial charge in [-0.2, -0.15) is 0 Å². The summed E-state index contributed by atoms with van der Waals surface area (Å²) in [5.74, 6) is -0.929. The van der Waals surface area contributed by atoms with Crippen LogP contribution in [0, 0.1) is 0 Å². The van der Waals surface area contributed by atoms with Crippen LogP contribution >= 0.6 is 11.6 Å². The Balaban J connectivity index is 1.61. The van der Waals surface area contributed by atoms with Crippen LogP contribution in [0.3, 0.4) is 0 Å². The third kappa shape index (κ3) is 4.40. The maximum absolute atomic E-state index is 13.2. The molecule has 0 saturated heterocycles. The maximum atomic E-state index is 13.2. The molecule has 4 rings (SSSR count). The maximum Gasteiger partial charge on any atom is 0.338 e. The van der Waals surface area contributed by atoms with Gasteiger partial charge in [-0.15, -0.1) is 0 Å². The van der Waals surface area contributed by atoms with Crippen LogP contribution < -0.4 is 15.0 Å². The largest absolute Gasteiger partial charge is 0.462 e. The lowest BCUT2D eigenvalue weighted by Crippen LogP contribution is -2.37. The Kier molecular flexibility index (Phi) is 6.04. The van der Waals surface area contributed by atoms with E-state index in [4.69, 9.17) is 21.1 Å². The Morgan fingerprint density at radius 3 is 2.81 bits per heavy atom. The molecule has 0 bridgehead atoms. The number of rotatable bonds is 5. The molecule has 0 radical (unpaired) electrons. The second kappa shape index (κ2) is 9.07. The van der Waals surface area contributed by atoms with Crippen LogP contribution in [0.15, 0.2) is 60.8 Å². The molecule has 1 aliphatic rings. The Morgan fingerprint density at radius 1 is 1.16 bits per heavy atom. The van der Waals surface area contributed by atoms with E-state index < -0.39 is 17.8 Å². The van der Waals surface area contributed by atoms with Crippen LogP contribution in [0.1, 0.15) is 27.6 Å². The molecule has 0 fully saturated rings. The van der Waals surface area contributed by atoms with Gasteiger partial charge in [0.05, 0.1) is 17.9 Å². The minimum Gasteiger partial charge on any atom is -0.462 e. The first-order valence-corrected chi connectivity index (χ1v) is 10.2. The van der Waals surface area contributed by atoms with Gasteiger partial charge in [0.2, 0.25) is 11.8 Å².